The van der Waals surface area contributed by atoms with Crippen LogP contribution in [-0.4, -0.2) is 29.9 Å². The lowest BCUT2D eigenvalue weighted by Gasteiger charge is -2.35. The third-order valence-electron chi connectivity index (χ3n) is 4.37. The second-order valence-electron chi connectivity index (χ2n) is 5.93. The van der Waals surface area contributed by atoms with Crippen LogP contribution < -0.4 is 5.32 Å². The van der Waals surface area contributed by atoms with E-state index in [9.17, 15) is 4.79 Å². The molecule has 0 aromatic heterocycles. The summed E-state index contributed by atoms with van der Waals surface area (Å²) in [7, 11) is 1.89. The lowest BCUT2D eigenvalue weighted by atomic mass is 9.97. The molecule has 2 rings (SSSR count). The van der Waals surface area contributed by atoms with E-state index in [2.05, 4.69) is 26.1 Å². The van der Waals surface area contributed by atoms with Crippen molar-refractivity contribution in [2.75, 3.05) is 18.9 Å². The standard InChI is InChI=1S/C16H24N2O/c1-5-16(2,3)18(4)15(19)13-8-9-14-12(11-13)7-6-10-17-14/h8-9,11,17H,5-7,10H2,1-4H3. The summed E-state index contributed by atoms with van der Waals surface area (Å²) in [5.74, 6) is 0.111. The van der Waals surface area contributed by atoms with Crippen molar-refractivity contribution in [2.24, 2.45) is 0 Å². The lowest BCUT2D eigenvalue weighted by molar-refractivity contribution is 0.0620. The van der Waals surface area contributed by atoms with Crippen molar-refractivity contribution < 1.29 is 4.79 Å². The van der Waals surface area contributed by atoms with Crippen LogP contribution >= 0.6 is 0 Å². The highest BCUT2D eigenvalue weighted by Gasteiger charge is 2.26. The molecule has 3 heteroatoms. The van der Waals surface area contributed by atoms with Crippen LogP contribution in [0.25, 0.3) is 0 Å². The van der Waals surface area contributed by atoms with E-state index >= 15 is 0 Å². The second-order valence-corrected chi connectivity index (χ2v) is 5.93. The minimum Gasteiger partial charge on any atom is -0.385 e. The van der Waals surface area contributed by atoms with Crippen LogP contribution in [0.2, 0.25) is 0 Å². The van der Waals surface area contributed by atoms with Crippen molar-refractivity contribution in [3.05, 3.63) is 29.3 Å². The summed E-state index contributed by atoms with van der Waals surface area (Å²) in [4.78, 5) is 14.4. The first-order valence-corrected chi connectivity index (χ1v) is 7.10. The average molecular weight is 260 g/mol. The van der Waals surface area contributed by atoms with Crippen LogP contribution in [0.5, 0.6) is 0 Å². The molecule has 1 N–H and O–H groups in total. The predicted octanol–water partition coefficient (Wildman–Crippen LogP) is 3.31. The summed E-state index contributed by atoms with van der Waals surface area (Å²) < 4.78 is 0. The van der Waals surface area contributed by atoms with Gasteiger partial charge in [-0.25, -0.2) is 0 Å². The van der Waals surface area contributed by atoms with E-state index in [1.807, 2.05) is 30.1 Å². The SMILES string of the molecule is CCC(C)(C)N(C)C(=O)c1ccc2c(c1)CCCN2. The molecule has 3 nitrogen and oxygen atoms in total. The number of carbonyl (C=O) groups excluding carboxylic acids is 1. The van der Waals surface area contributed by atoms with Gasteiger partial charge in [-0.3, -0.25) is 4.79 Å². The van der Waals surface area contributed by atoms with Crippen molar-refractivity contribution in [1.82, 2.24) is 4.90 Å². The van der Waals surface area contributed by atoms with Gasteiger partial charge in [-0.1, -0.05) is 6.92 Å². The number of hydrogen-bond donors (Lipinski definition) is 1. The fraction of sp³-hybridized carbons (Fsp3) is 0.562. The molecule has 1 aromatic carbocycles. The zero-order chi connectivity index (χ0) is 14.0. The number of amides is 1. The Balaban J connectivity index is 2.24. The third kappa shape index (κ3) is 2.75. The van der Waals surface area contributed by atoms with Crippen molar-refractivity contribution in [3.63, 3.8) is 0 Å². The van der Waals surface area contributed by atoms with Crippen LogP contribution in [0.1, 0.15) is 49.5 Å². The summed E-state index contributed by atoms with van der Waals surface area (Å²) in [5, 5.41) is 3.37. The Kier molecular flexibility index (Phi) is 3.83. The largest absolute Gasteiger partial charge is 0.385 e. The van der Waals surface area contributed by atoms with Crippen LogP contribution in [0.15, 0.2) is 18.2 Å². The molecule has 0 spiro atoms. The Hall–Kier alpha value is -1.51. The van der Waals surface area contributed by atoms with E-state index in [4.69, 9.17) is 0 Å². The van der Waals surface area contributed by atoms with E-state index in [-0.39, 0.29) is 11.4 Å². The molecule has 1 amide bonds. The maximum Gasteiger partial charge on any atom is 0.254 e. The van der Waals surface area contributed by atoms with Crippen molar-refractivity contribution in [3.8, 4) is 0 Å². The molecular formula is C16H24N2O. The van der Waals surface area contributed by atoms with Crippen molar-refractivity contribution in [2.45, 2.75) is 45.6 Å². The molecule has 0 bridgehead atoms. The number of nitrogens with one attached hydrogen (secondary N) is 1. The molecule has 19 heavy (non-hydrogen) atoms. The van der Waals surface area contributed by atoms with Gasteiger partial charge in [0.2, 0.25) is 0 Å². The molecule has 0 fully saturated rings. The Morgan fingerprint density at radius 2 is 2.16 bits per heavy atom. The number of rotatable bonds is 3. The molecule has 1 aliphatic heterocycles. The zero-order valence-electron chi connectivity index (χ0n) is 12.4. The van der Waals surface area contributed by atoms with Crippen LogP contribution in [0.4, 0.5) is 5.69 Å². The van der Waals surface area contributed by atoms with Gasteiger partial charge in [-0.15, -0.1) is 0 Å². The molecule has 1 aromatic rings. The summed E-state index contributed by atoms with van der Waals surface area (Å²) >= 11 is 0. The van der Waals surface area contributed by atoms with Gasteiger partial charge in [-0.2, -0.15) is 0 Å². The first-order chi connectivity index (χ1) is 8.95. The Morgan fingerprint density at radius 3 is 2.84 bits per heavy atom. The van der Waals surface area contributed by atoms with Gasteiger partial charge in [-0.05, 0) is 56.9 Å². The highest BCUT2D eigenvalue weighted by atomic mass is 16.2. The smallest absolute Gasteiger partial charge is 0.254 e. The van der Waals surface area contributed by atoms with Crippen molar-refractivity contribution in [1.29, 1.82) is 0 Å². The Morgan fingerprint density at radius 1 is 1.42 bits per heavy atom. The quantitative estimate of drug-likeness (QED) is 0.904. The first kappa shape index (κ1) is 13.9. The number of nitrogens with zero attached hydrogens (tertiary/aromatic N) is 1. The van der Waals surface area contributed by atoms with Crippen LogP contribution in [-0.2, 0) is 6.42 Å². The molecule has 0 saturated carbocycles. The van der Waals surface area contributed by atoms with Crippen LogP contribution in [0.3, 0.4) is 0 Å². The average Bonchev–Trinajstić information content (AvgIpc) is 2.45. The zero-order valence-corrected chi connectivity index (χ0v) is 12.4. The van der Waals surface area contributed by atoms with E-state index in [1.54, 1.807) is 0 Å². The highest BCUT2D eigenvalue weighted by Crippen LogP contribution is 2.25. The maximum absolute atomic E-state index is 12.5. The second kappa shape index (κ2) is 5.24. The number of fused-ring (bicyclic) bond motifs is 1. The van der Waals surface area contributed by atoms with Gasteiger partial charge in [0.1, 0.15) is 0 Å². The predicted molar refractivity (Wildman–Crippen MR) is 79.7 cm³/mol. The molecule has 1 heterocycles. The van der Waals surface area contributed by atoms with E-state index in [0.29, 0.717) is 0 Å². The maximum atomic E-state index is 12.5. The monoisotopic (exact) mass is 260 g/mol. The van der Waals surface area contributed by atoms with Crippen LogP contribution in [0, 0.1) is 0 Å². The van der Waals surface area contributed by atoms with E-state index in [0.717, 1.165) is 31.4 Å². The van der Waals surface area contributed by atoms with Gasteiger partial charge in [0.15, 0.2) is 0 Å². The lowest BCUT2D eigenvalue weighted by Crippen LogP contribution is -2.44. The minimum absolute atomic E-state index is 0.106. The molecule has 0 unspecified atom stereocenters. The molecule has 0 atom stereocenters. The molecule has 0 aliphatic carbocycles. The third-order valence-corrected chi connectivity index (χ3v) is 4.37. The summed E-state index contributed by atoms with van der Waals surface area (Å²) in [6.07, 6.45) is 3.15. The van der Waals surface area contributed by atoms with E-state index < -0.39 is 0 Å². The van der Waals surface area contributed by atoms with Gasteiger partial charge >= 0.3 is 0 Å². The molecule has 0 radical (unpaired) electrons. The molecule has 1 aliphatic rings. The fourth-order valence-electron chi connectivity index (χ4n) is 2.31. The highest BCUT2D eigenvalue weighted by molar-refractivity contribution is 5.95. The number of aryl methyl sites for hydroxylation is 1. The normalized spacial score (nSPS) is 14.5. The Bertz CT molecular complexity index is 480. The summed E-state index contributed by atoms with van der Waals surface area (Å²) in [6.45, 7) is 7.35. The van der Waals surface area contributed by atoms with Gasteiger partial charge in [0.25, 0.3) is 5.91 Å². The van der Waals surface area contributed by atoms with Gasteiger partial charge in [0.05, 0.1) is 0 Å². The number of carbonyl (C=O) groups is 1. The number of anilines is 1. The van der Waals surface area contributed by atoms with Crippen molar-refractivity contribution >= 4 is 11.6 Å². The fourth-order valence-corrected chi connectivity index (χ4v) is 2.31. The molecular weight excluding hydrogens is 236 g/mol. The Labute approximate surface area is 116 Å². The topological polar surface area (TPSA) is 32.3 Å². The minimum atomic E-state index is -0.106. The summed E-state index contributed by atoms with van der Waals surface area (Å²) in [6, 6.07) is 6.02. The van der Waals surface area contributed by atoms with E-state index in [1.165, 1.54) is 11.3 Å². The first-order valence-electron chi connectivity index (χ1n) is 7.10. The van der Waals surface area contributed by atoms with Gasteiger partial charge in [0, 0.05) is 30.4 Å². The summed E-state index contributed by atoms with van der Waals surface area (Å²) in [5.41, 5.74) is 3.14. The molecule has 104 valence electrons. The molecule has 0 saturated heterocycles. The van der Waals surface area contributed by atoms with Gasteiger partial charge < -0.3 is 10.2 Å². The number of benzene rings is 1. The number of hydrogen-bond acceptors (Lipinski definition) is 2.